The van der Waals surface area contributed by atoms with E-state index in [9.17, 15) is 5.11 Å². The highest BCUT2D eigenvalue weighted by Crippen LogP contribution is 2.29. The first-order valence-electron chi connectivity index (χ1n) is 10.4. The molecule has 5 heteroatoms. The predicted octanol–water partition coefficient (Wildman–Crippen LogP) is 4.10. The lowest BCUT2D eigenvalue weighted by molar-refractivity contribution is -0.296. The van der Waals surface area contributed by atoms with Crippen molar-refractivity contribution >= 4 is 0 Å². The monoisotopic (exact) mass is 412 g/mol. The Morgan fingerprint density at radius 2 is 1.40 bits per heavy atom. The van der Waals surface area contributed by atoms with Gasteiger partial charge in [0, 0.05) is 7.11 Å². The van der Waals surface area contributed by atoms with E-state index in [1.165, 1.54) is 0 Å². The van der Waals surface area contributed by atoms with Crippen LogP contribution in [0.2, 0.25) is 0 Å². The lowest BCUT2D eigenvalue weighted by Gasteiger charge is -2.43. The molecule has 162 valence electrons. The van der Waals surface area contributed by atoms with Crippen molar-refractivity contribution in [3.63, 3.8) is 0 Å². The van der Waals surface area contributed by atoms with E-state index in [2.05, 4.69) is 19.9 Å². The van der Waals surface area contributed by atoms with Gasteiger partial charge in [-0.3, -0.25) is 0 Å². The van der Waals surface area contributed by atoms with E-state index in [1.807, 2.05) is 66.7 Å². The minimum Gasteiger partial charge on any atom is -0.373 e. The molecule has 2 aromatic carbocycles. The molecule has 0 amide bonds. The molecule has 0 radical (unpaired) electrons. The zero-order valence-electron chi connectivity index (χ0n) is 17.9. The molecule has 5 atom stereocenters. The number of benzene rings is 2. The van der Waals surface area contributed by atoms with Gasteiger partial charge in [0.25, 0.3) is 0 Å². The van der Waals surface area contributed by atoms with E-state index in [0.717, 1.165) is 11.1 Å². The molecule has 5 nitrogen and oxygen atoms in total. The van der Waals surface area contributed by atoms with Crippen LogP contribution in [-0.4, -0.2) is 42.9 Å². The highest BCUT2D eigenvalue weighted by atomic mass is 16.7. The smallest absolute Gasteiger partial charge is 0.184 e. The number of rotatable bonds is 9. The van der Waals surface area contributed by atoms with Crippen molar-refractivity contribution in [1.29, 1.82) is 0 Å². The van der Waals surface area contributed by atoms with Gasteiger partial charge in [-0.1, -0.05) is 86.7 Å². The molecule has 1 N–H and O–H groups in total. The average molecular weight is 413 g/mol. The van der Waals surface area contributed by atoms with Crippen LogP contribution in [-0.2, 0) is 32.2 Å². The lowest BCUT2D eigenvalue weighted by atomic mass is 9.96. The predicted molar refractivity (Wildman–Crippen MR) is 116 cm³/mol. The van der Waals surface area contributed by atoms with E-state index in [-0.39, 0.29) is 0 Å². The minimum absolute atomic E-state index is 0.351. The first-order chi connectivity index (χ1) is 14.6. The highest BCUT2D eigenvalue weighted by Gasteiger charge is 2.46. The average Bonchev–Trinajstić information content (AvgIpc) is 2.76. The van der Waals surface area contributed by atoms with Crippen molar-refractivity contribution in [3.8, 4) is 0 Å². The Morgan fingerprint density at radius 3 is 1.90 bits per heavy atom. The van der Waals surface area contributed by atoms with Gasteiger partial charge in [-0.25, -0.2) is 0 Å². The van der Waals surface area contributed by atoms with Gasteiger partial charge in [0.05, 0.1) is 13.2 Å². The van der Waals surface area contributed by atoms with E-state index in [0.29, 0.717) is 19.1 Å². The number of methoxy groups -OCH3 is 1. The Morgan fingerprint density at radius 1 is 0.867 bits per heavy atom. The van der Waals surface area contributed by atoms with Crippen LogP contribution in [0.25, 0.3) is 0 Å². The molecular weight excluding hydrogens is 380 g/mol. The summed E-state index contributed by atoms with van der Waals surface area (Å²) in [4.78, 5) is 0. The molecule has 1 saturated heterocycles. The summed E-state index contributed by atoms with van der Waals surface area (Å²) < 4.78 is 24.0. The minimum atomic E-state index is -1.10. The Balaban J connectivity index is 1.81. The van der Waals surface area contributed by atoms with Crippen LogP contribution in [0, 0.1) is 5.92 Å². The number of aliphatic hydroxyl groups excluding tert-OH is 1. The summed E-state index contributed by atoms with van der Waals surface area (Å²) in [6.07, 6.45) is 0.874. The summed E-state index contributed by atoms with van der Waals surface area (Å²) in [5.74, 6) is 0.351. The van der Waals surface area contributed by atoms with Gasteiger partial charge in [-0.2, -0.15) is 0 Å². The SMILES string of the molecule is CO[C@@H]1[C@H](OCc2ccccc2)[C@@H](OCc2ccccc2)[C@@H](/C=C/C(C)C)O[C@@H]1O. The maximum Gasteiger partial charge on any atom is 0.184 e. The zero-order chi connectivity index (χ0) is 21.3. The fraction of sp³-hybridized carbons (Fsp3) is 0.440. The first-order valence-corrected chi connectivity index (χ1v) is 10.4. The summed E-state index contributed by atoms with van der Waals surface area (Å²) in [6.45, 7) is 5.00. The standard InChI is InChI=1S/C25H32O5/c1-18(2)14-15-21-22(28-16-19-10-6-4-7-11-19)23(24(27-3)25(26)30-21)29-17-20-12-8-5-9-13-20/h4-15,18,21-26H,16-17H2,1-3H3/b15-14+/t21-,22+,23-,24-,25+/m1/s1. The number of allylic oxidation sites excluding steroid dienone is 1. The molecule has 0 bridgehead atoms. The Labute approximate surface area is 179 Å². The van der Waals surface area contributed by atoms with Gasteiger partial charge in [0.15, 0.2) is 6.29 Å². The third-order valence-corrected chi connectivity index (χ3v) is 5.08. The number of aliphatic hydroxyl groups is 1. The van der Waals surface area contributed by atoms with Gasteiger partial charge in [-0.15, -0.1) is 0 Å². The molecule has 1 aliphatic rings. The van der Waals surface area contributed by atoms with Crippen molar-refractivity contribution < 1.29 is 24.1 Å². The molecule has 0 aromatic heterocycles. The molecule has 0 spiro atoms. The second-order valence-electron chi connectivity index (χ2n) is 7.84. The van der Waals surface area contributed by atoms with Gasteiger partial charge < -0.3 is 24.1 Å². The van der Waals surface area contributed by atoms with Crippen molar-refractivity contribution in [2.24, 2.45) is 5.92 Å². The fourth-order valence-corrected chi connectivity index (χ4v) is 3.50. The Kier molecular flexibility index (Phi) is 8.61. The molecule has 0 saturated carbocycles. The van der Waals surface area contributed by atoms with Crippen LogP contribution in [0.4, 0.5) is 0 Å². The molecule has 1 heterocycles. The third kappa shape index (κ3) is 6.24. The lowest BCUT2D eigenvalue weighted by Crippen LogP contribution is -2.59. The Bertz CT molecular complexity index is 762. The molecule has 2 aromatic rings. The molecule has 0 unspecified atom stereocenters. The van der Waals surface area contributed by atoms with Gasteiger partial charge in [0.1, 0.15) is 24.4 Å². The van der Waals surface area contributed by atoms with Gasteiger partial charge >= 0.3 is 0 Å². The molecule has 1 fully saturated rings. The summed E-state index contributed by atoms with van der Waals surface area (Å²) in [5.41, 5.74) is 2.11. The topological polar surface area (TPSA) is 57.2 Å². The molecule has 1 aliphatic heterocycles. The number of ether oxygens (including phenoxy) is 4. The second kappa shape index (κ2) is 11.4. The van der Waals surface area contributed by atoms with Gasteiger partial charge in [-0.05, 0) is 17.0 Å². The van der Waals surface area contributed by atoms with Crippen LogP contribution >= 0.6 is 0 Å². The highest BCUT2D eigenvalue weighted by molar-refractivity contribution is 5.15. The third-order valence-electron chi connectivity index (χ3n) is 5.08. The van der Waals surface area contributed by atoms with Crippen molar-refractivity contribution in [2.45, 2.75) is 57.8 Å². The van der Waals surface area contributed by atoms with E-state index < -0.39 is 30.7 Å². The molecule has 30 heavy (non-hydrogen) atoms. The van der Waals surface area contributed by atoms with E-state index in [1.54, 1.807) is 7.11 Å². The summed E-state index contributed by atoms with van der Waals surface area (Å²) >= 11 is 0. The molecule has 3 rings (SSSR count). The summed E-state index contributed by atoms with van der Waals surface area (Å²) in [6, 6.07) is 19.9. The van der Waals surface area contributed by atoms with E-state index in [4.69, 9.17) is 18.9 Å². The zero-order valence-corrected chi connectivity index (χ0v) is 17.9. The fourth-order valence-electron chi connectivity index (χ4n) is 3.50. The van der Waals surface area contributed by atoms with Crippen LogP contribution in [0.3, 0.4) is 0 Å². The second-order valence-corrected chi connectivity index (χ2v) is 7.84. The van der Waals surface area contributed by atoms with Crippen molar-refractivity contribution in [2.75, 3.05) is 7.11 Å². The number of hydrogen-bond acceptors (Lipinski definition) is 5. The van der Waals surface area contributed by atoms with E-state index >= 15 is 0 Å². The van der Waals surface area contributed by atoms with Crippen LogP contribution < -0.4 is 0 Å². The van der Waals surface area contributed by atoms with Crippen LogP contribution in [0.1, 0.15) is 25.0 Å². The van der Waals surface area contributed by atoms with Crippen molar-refractivity contribution in [1.82, 2.24) is 0 Å². The number of hydrogen-bond donors (Lipinski definition) is 1. The largest absolute Gasteiger partial charge is 0.373 e. The maximum atomic E-state index is 10.6. The summed E-state index contributed by atoms with van der Waals surface area (Å²) in [5, 5.41) is 10.6. The molecule has 0 aliphatic carbocycles. The Hall–Kier alpha value is -2.02. The first kappa shape index (κ1) is 22.7. The quantitative estimate of drug-likeness (QED) is 0.629. The normalized spacial score (nSPS) is 27.0. The molecular formula is C25H32O5. The van der Waals surface area contributed by atoms with Crippen molar-refractivity contribution in [3.05, 3.63) is 83.9 Å². The van der Waals surface area contributed by atoms with Gasteiger partial charge in [0.2, 0.25) is 0 Å². The van der Waals surface area contributed by atoms with Crippen LogP contribution in [0.15, 0.2) is 72.8 Å². The summed E-state index contributed by atoms with van der Waals surface area (Å²) in [7, 11) is 1.55. The maximum absolute atomic E-state index is 10.6. The van der Waals surface area contributed by atoms with Crippen LogP contribution in [0.5, 0.6) is 0 Å².